The molecule has 3 rings (SSSR count). The van der Waals surface area contributed by atoms with E-state index in [0.29, 0.717) is 34.1 Å². The van der Waals surface area contributed by atoms with Gasteiger partial charge in [-0.25, -0.2) is 4.98 Å². The Balaban J connectivity index is 1.76. The number of fused-ring (bicyclic) bond motifs is 1. The number of anilines is 1. The second-order valence-corrected chi connectivity index (χ2v) is 7.22. The van der Waals surface area contributed by atoms with E-state index in [1.807, 2.05) is 24.3 Å². The fourth-order valence-corrected chi connectivity index (χ4v) is 3.77. The molecule has 0 N–H and O–H groups in total. The minimum absolute atomic E-state index is 0.166. The molecule has 0 aliphatic heterocycles. The van der Waals surface area contributed by atoms with E-state index >= 15 is 0 Å². The zero-order chi connectivity index (χ0) is 18.5. The summed E-state index contributed by atoms with van der Waals surface area (Å²) >= 11 is 13.4. The highest BCUT2D eigenvalue weighted by atomic mass is 35.5. The van der Waals surface area contributed by atoms with Gasteiger partial charge < -0.3 is 9.47 Å². The standard InChI is InChI=1S/C18H16Cl2N2O3S/c1-24-9-8-22(18-21-14-4-2-3-5-16(14)26-18)17(23)11-25-15-7-6-12(19)10-13(15)20/h2-7,10H,8-9,11H2,1H3. The number of thiazole rings is 1. The number of carbonyl (C=O) groups excluding carboxylic acids is 1. The van der Waals surface area contributed by atoms with Crippen molar-refractivity contribution < 1.29 is 14.3 Å². The first-order valence-corrected chi connectivity index (χ1v) is 9.38. The van der Waals surface area contributed by atoms with Crippen LogP contribution in [-0.2, 0) is 9.53 Å². The monoisotopic (exact) mass is 410 g/mol. The summed E-state index contributed by atoms with van der Waals surface area (Å²) in [6, 6.07) is 12.6. The van der Waals surface area contributed by atoms with Crippen LogP contribution in [-0.4, -0.2) is 37.8 Å². The molecule has 5 nitrogen and oxygen atoms in total. The smallest absolute Gasteiger partial charge is 0.266 e. The van der Waals surface area contributed by atoms with Gasteiger partial charge >= 0.3 is 0 Å². The number of nitrogens with zero attached hydrogens (tertiary/aromatic N) is 2. The Hall–Kier alpha value is -1.86. The molecule has 136 valence electrons. The molecule has 0 fully saturated rings. The second-order valence-electron chi connectivity index (χ2n) is 5.37. The largest absolute Gasteiger partial charge is 0.482 e. The summed E-state index contributed by atoms with van der Waals surface area (Å²) in [6.07, 6.45) is 0. The first kappa shape index (κ1) is 18.9. The molecule has 0 spiro atoms. The molecule has 0 radical (unpaired) electrons. The van der Waals surface area contributed by atoms with Gasteiger partial charge in [-0.3, -0.25) is 9.69 Å². The Morgan fingerprint density at radius 2 is 2.04 bits per heavy atom. The molecule has 0 bridgehead atoms. The lowest BCUT2D eigenvalue weighted by Gasteiger charge is -2.19. The zero-order valence-electron chi connectivity index (χ0n) is 13.9. The summed E-state index contributed by atoms with van der Waals surface area (Å²) < 4.78 is 11.7. The van der Waals surface area contributed by atoms with Crippen LogP contribution >= 0.6 is 34.5 Å². The molecule has 1 aromatic heterocycles. The fraction of sp³-hybridized carbons (Fsp3) is 0.222. The predicted molar refractivity (Wildman–Crippen MR) is 106 cm³/mol. The Labute approximate surface area is 165 Å². The zero-order valence-corrected chi connectivity index (χ0v) is 16.3. The number of rotatable bonds is 7. The molecule has 0 saturated carbocycles. The molecule has 2 aromatic carbocycles. The van der Waals surface area contributed by atoms with Crippen molar-refractivity contribution >= 4 is 55.8 Å². The first-order valence-electron chi connectivity index (χ1n) is 7.81. The van der Waals surface area contributed by atoms with Crippen LogP contribution < -0.4 is 9.64 Å². The number of aromatic nitrogens is 1. The molecule has 26 heavy (non-hydrogen) atoms. The third-order valence-corrected chi connectivity index (χ3v) is 5.17. The lowest BCUT2D eigenvalue weighted by atomic mass is 10.3. The number of para-hydroxylation sites is 1. The van der Waals surface area contributed by atoms with Crippen LogP contribution in [0.25, 0.3) is 10.2 Å². The van der Waals surface area contributed by atoms with Gasteiger partial charge in [-0.15, -0.1) is 0 Å². The van der Waals surface area contributed by atoms with Crippen LogP contribution in [0.2, 0.25) is 10.0 Å². The Kier molecular flexibility index (Phi) is 6.32. The summed E-state index contributed by atoms with van der Waals surface area (Å²) in [4.78, 5) is 18.8. The highest BCUT2D eigenvalue weighted by Gasteiger charge is 2.20. The number of benzene rings is 2. The third kappa shape index (κ3) is 4.45. The minimum Gasteiger partial charge on any atom is -0.482 e. The maximum atomic E-state index is 12.7. The summed E-state index contributed by atoms with van der Waals surface area (Å²) in [7, 11) is 1.59. The number of ether oxygens (including phenoxy) is 2. The number of methoxy groups -OCH3 is 1. The highest BCUT2D eigenvalue weighted by Crippen LogP contribution is 2.30. The molecule has 0 aliphatic carbocycles. The normalized spacial score (nSPS) is 10.9. The highest BCUT2D eigenvalue weighted by molar-refractivity contribution is 7.22. The maximum Gasteiger partial charge on any atom is 0.266 e. The van der Waals surface area contributed by atoms with Crippen molar-refractivity contribution in [2.24, 2.45) is 0 Å². The minimum atomic E-state index is -0.230. The summed E-state index contributed by atoms with van der Waals surface area (Å²) in [6.45, 7) is 0.608. The molecule has 1 heterocycles. The van der Waals surface area contributed by atoms with E-state index in [1.54, 1.807) is 30.2 Å². The van der Waals surface area contributed by atoms with Crippen LogP contribution in [0, 0.1) is 0 Å². The Morgan fingerprint density at radius 3 is 2.77 bits per heavy atom. The summed E-state index contributed by atoms with van der Waals surface area (Å²) in [5.74, 6) is 0.174. The molecule has 1 amide bonds. The van der Waals surface area contributed by atoms with E-state index in [4.69, 9.17) is 32.7 Å². The second kappa shape index (κ2) is 8.68. The average Bonchev–Trinajstić information content (AvgIpc) is 3.05. The van der Waals surface area contributed by atoms with Crippen LogP contribution in [0.1, 0.15) is 0 Å². The van der Waals surface area contributed by atoms with Gasteiger partial charge in [-0.1, -0.05) is 46.7 Å². The number of hydrogen-bond acceptors (Lipinski definition) is 5. The van der Waals surface area contributed by atoms with Crippen molar-refractivity contribution in [3.8, 4) is 5.75 Å². The Bertz CT molecular complexity index is 883. The number of carbonyl (C=O) groups is 1. The van der Waals surface area contributed by atoms with Crippen molar-refractivity contribution in [1.29, 1.82) is 0 Å². The van der Waals surface area contributed by atoms with Gasteiger partial charge in [0.1, 0.15) is 5.75 Å². The summed E-state index contributed by atoms with van der Waals surface area (Å²) in [5, 5.41) is 1.47. The first-order chi connectivity index (χ1) is 12.6. The van der Waals surface area contributed by atoms with Crippen molar-refractivity contribution in [3.63, 3.8) is 0 Å². The van der Waals surface area contributed by atoms with Gasteiger partial charge in [-0.2, -0.15) is 0 Å². The Morgan fingerprint density at radius 1 is 1.23 bits per heavy atom. The van der Waals surface area contributed by atoms with E-state index in [2.05, 4.69) is 4.98 Å². The predicted octanol–water partition coefficient (Wildman–Crippen LogP) is 4.66. The van der Waals surface area contributed by atoms with Crippen molar-refractivity contribution in [2.75, 3.05) is 31.8 Å². The molecule has 3 aromatic rings. The fourth-order valence-electron chi connectivity index (χ4n) is 2.29. The van der Waals surface area contributed by atoms with Crippen molar-refractivity contribution in [2.45, 2.75) is 0 Å². The van der Waals surface area contributed by atoms with Crippen LogP contribution in [0.15, 0.2) is 42.5 Å². The quantitative estimate of drug-likeness (QED) is 0.568. The van der Waals surface area contributed by atoms with Gasteiger partial charge in [0.2, 0.25) is 0 Å². The average molecular weight is 411 g/mol. The van der Waals surface area contributed by atoms with Crippen molar-refractivity contribution in [1.82, 2.24) is 4.98 Å². The molecule has 8 heteroatoms. The van der Waals surface area contributed by atoms with E-state index < -0.39 is 0 Å². The number of halogens is 2. The molecular weight excluding hydrogens is 395 g/mol. The van der Waals surface area contributed by atoms with Crippen LogP contribution in [0.4, 0.5) is 5.13 Å². The number of hydrogen-bond donors (Lipinski definition) is 0. The molecule has 0 saturated heterocycles. The lowest BCUT2D eigenvalue weighted by Crippen LogP contribution is -2.37. The molecule has 0 atom stereocenters. The molecule has 0 unspecified atom stereocenters. The van der Waals surface area contributed by atoms with Gasteiger partial charge in [-0.05, 0) is 30.3 Å². The third-order valence-electron chi connectivity index (χ3n) is 3.58. The lowest BCUT2D eigenvalue weighted by molar-refractivity contribution is -0.120. The van der Waals surface area contributed by atoms with Gasteiger partial charge in [0.25, 0.3) is 5.91 Å². The molecular formula is C18H16Cl2N2O3S. The van der Waals surface area contributed by atoms with E-state index in [-0.39, 0.29) is 12.5 Å². The van der Waals surface area contributed by atoms with E-state index in [0.717, 1.165) is 10.2 Å². The number of amides is 1. The van der Waals surface area contributed by atoms with Gasteiger partial charge in [0, 0.05) is 12.1 Å². The van der Waals surface area contributed by atoms with Gasteiger partial charge in [0.15, 0.2) is 11.7 Å². The topological polar surface area (TPSA) is 51.7 Å². The maximum absolute atomic E-state index is 12.7. The van der Waals surface area contributed by atoms with Gasteiger partial charge in [0.05, 0.1) is 28.4 Å². The van der Waals surface area contributed by atoms with E-state index in [1.165, 1.54) is 11.3 Å². The van der Waals surface area contributed by atoms with Crippen LogP contribution in [0.5, 0.6) is 5.75 Å². The van der Waals surface area contributed by atoms with Crippen LogP contribution in [0.3, 0.4) is 0 Å². The molecule has 0 aliphatic rings. The summed E-state index contributed by atoms with van der Waals surface area (Å²) in [5.41, 5.74) is 0.851. The van der Waals surface area contributed by atoms with Crippen molar-refractivity contribution in [3.05, 3.63) is 52.5 Å². The SMILES string of the molecule is COCCN(C(=O)COc1ccc(Cl)cc1Cl)c1nc2ccccc2s1. The van der Waals surface area contributed by atoms with E-state index in [9.17, 15) is 4.79 Å².